The fourth-order valence-corrected chi connectivity index (χ4v) is 1.55. The molecule has 3 rings (SSSR count). The Morgan fingerprint density at radius 2 is 2.00 bits per heavy atom. The van der Waals surface area contributed by atoms with Gasteiger partial charge in [0.25, 0.3) is 0 Å². The standard InChI is InChI=1S/C11H8FN7/c12-8-5-14-2-1-7(8)9-16-10(13)18-11(17-9)19-4-3-15-6-19/h1-6H,(H2,13,16,17,18). The fraction of sp³-hybridized carbons (Fsp3) is 0. The quantitative estimate of drug-likeness (QED) is 0.730. The number of nitrogens with two attached hydrogens (primary N) is 1. The maximum Gasteiger partial charge on any atom is 0.240 e. The molecule has 7 nitrogen and oxygen atoms in total. The summed E-state index contributed by atoms with van der Waals surface area (Å²) in [5.74, 6) is -0.0955. The van der Waals surface area contributed by atoms with E-state index in [4.69, 9.17) is 5.73 Å². The molecule has 8 heteroatoms. The van der Waals surface area contributed by atoms with Crippen molar-refractivity contribution in [3.05, 3.63) is 43.0 Å². The molecule has 94 valence electrons. The molecule has 19 heavy (non-hydrogen) atoms. The Morgan fingerprint density at radius 3 is 2.74 bits per heavy atom. The summed E-state index contributed by atoms with van der Waals surface area (Å²) in [5, 5.41) is 0. The first-order valence-electron chi connectivity index (χ1n) is 5.34. The van der Waals surface area contributed by atoms with Crippen molar-refractivity contribution < 1.29 is 4.39 Å². The molecule has 0 radical (unpaired) electrons. The first-order valence-corrected chi connectivity index (χ1v) is 5.34. The number of hydrogen-bond acceptors (Lipinski definition) is 6. The number of rotatable bonds is 2. The molecule has 0 unspecified atom stereocenters. The van der Waals surface area contributed by atoms with Crippen LogP contribution in [0.1, 0.15) is 0 Å². The lowest BCUT2D eigenvalue weighted by Crippen LogP contribution is -2.07. The van der Waals surface area contributed by atoms with Gasteiger partial charge in [0.1, 0.15) is 6.33 Å². The van der Waals surface area contributed by atoms with E-state index in [1.165, 1.54) is 18.6 Å². The minimum Gasteiger partial charge on any atom is -0.368 e. The number of halogens is 1. The Morgan fingerprint density at radius 1 is 1.11 bits per heavy atom. The van der Waals surface area contributed by atoms with Gasteiger partial charge in [-0.1, -0.05) is 0 Å². The smallest absolute Gasteiger partial charge is 0.240 e. The van der Waals surface area contributed by atoms with E-state index in [-0.39, 0.29) is 23.3 Å². The maximum absolute atomic E-state index is 13.7. The average molecular weight is 257 g/mol. The van der Waals surface area contributed by atoms with Crippen LogP contribution in [0.3, 0.4) is 0 Å². The highest BCUT2D eigenvalue weighted by Gasteiger charge is 2.11. The van der Waals surface area contributed by atoms with Gasteiger partial charge < -0.3 is 5.73 Å². The minimum atomic E-state index is -0.523. The van der Waals surface area contributed by atoms with Crippen molar-refractivity contribution in [1.82, 2.24) is 29.5 Å². The number of aromatic nitrogens is 6. The molecule has 3 heterocycles. The SMILES string of the molecule is Nc1nc(-c2ccncc2F)nc(-n2ccnc2)n1. The van der Waals surface area contributed by atoms with E-state index in [0.717, 1.165) is 6.20 Å². The van der Waals surface area contributed by atoms with Gasteiger partial charge in [-0.25, -0.2) is 9.37 Å². The minimum absolute atomic E-state index is 0.00455. The lowest BCUT2D eigenvalue weighted by molar-refractivity contribution is 0.623. The second-order valence-corrected chi connectivity index (χ2v) is 3.64. The summed E-state index contributed by atoms with van der Waals surface area (Å²) in [7, 11) is 0. The van der Waals surface area contributed by atoms with Crippen molar-refractivity contribution in [2.45, 2.75) is 0 Å². The molecule has 0 amide bonds. The van der Waals surface area contributed by atoms with Crippen LogP contribution in [0.15, 0.2) is 37.2 Å². The second kappa shape index (κ2) is 4.41. The van der Waals surface area contributed by atoms with Gasteiger partial charge in [0.15, 0.2) is 11.6 Å². The molecule has 0 saturated carbocycles. The number of nitrogens with zero attached hydrogens (tertiary/aromatic N) is 6. The van der Waals surface area contributed by atoms with Crippen LogP contribution in [0.2, 0.25) is 0 Å². The van der Waals surface area contributed by atoms with Crippen LogP contribution >= 0.6 is 0 Å². The van der Waals surface area contributed by atoms with E-state index in [0.29, 0.717) is 0 Å². The van der Waals surface area contributed by atoms with E-state index in [2.05, 4.69) is 24.9 Å². The Labute approximate surface area is 107 Å². The maximum atomic E-state index is 13.7. The lowest BCUT2D eigenvalue weighted by atomic mass is 10.2. The monoisotopic (exact) mass is 257 g/mol. The Balaban J connectivity index is 2.16. The third-order valence-electron chi connectivity index (χ3n) is 2.39. The molecule has 0 aliphatic carbocycles. The van der Waals surface area contributed by atoms with Crippen LogP contribution in [0.4, 0.5) is 10.3 Å². The second-order valence-electron chi connectivity index (χ2n) is 3.64. The van der Waals surface area contributed by atoms with E-state index in [9.17, 15) is 4.39 Å². The van der Waals surface area contributed by atoms with Crippen molar-refractivity contribution >= 4 is 5.95 Å². The van der Waals surface area contributed by atoms with Crippen LogP contribution in [-0.2, 0) is 0 Å². The van der Waals surface area contributed by atoms with Crippen LogP contribution in [0.5, 0.6) is 0 Å². The van der Waals surface area contributed by atoms with E-state index in [1.54, 1.807) is 17.0 Å². The van der Waals surface area contributed by atoms with Crippen molar-refractivity contribution in [3.63, 3.8) is 0 Å². The van der Waals surface area contributed by atoms with E-state index in [1.807, 2.05) is 0 Å². The zero-order valence-corrected chi connectivity index (χ0v) is 9.60. The zero-order chi connectivity index (χ0) is 13.2. The molecule has 0 atom stereocenters. The van der Waals surface area contributed by atoms with Gasteiger partial charge in [0.2, 0.25) is 11.9 Å². The first-order chi connectivity index (χ1) is 9.24. The first kappa shape index (κ1) is 11.2. The molecular formula is C11H8FN7. The number of anilines is 1. The van der Waals surface area contributed by atoms with E-state index < -0.39 is 5.82 Å². The molecule has 0 bridgehead atoms. The van der Waals surface area contributed by atoms with Crippen LogP contribution in [0, 0.1) is 5.82 Å². The van der Waals surface area contributed by atoms with Crippen LogP contribution in [0.25, 0.3) is 17.3 Å². The van der Waals surface area contributed by atoms with Gasteiger partial charge in [-0.05, 0) is 6.07 Å². The molecule has 2 N–H and O–H groups in total. The summed E-state index contributed by atoms with van der Waals surface area (Å²) in [5.41, 5.74) is 5.83. The summed E-state index contributed by atoms with van der Waals surface area (Å²) < 4.78 is 15.2. The third-order valence-corrected chi connectivity index (χ3v) is 2.39. The molecular weight excluding hydrogens is 249 g/mol. The number of hydrogen-bond donors (Lipinski definition) is 1. The molecule has 0 saturated heterocycles. The number of imidazole rings is 1. The number of nitrogen functional groups attached to an aromatic ring is 1. The molecule has 0 aliphatic heterocycles. The Kier molecular flexibility index (Phi) is 2.60. The predicted molar refractivity (Wildman–Crippen MR) is 64.6 cm³/mol. The van der Waals surface area contributed by atoms with Crippen molar-refractivity contribution in [1.29, 1.82) is 0 Å². The molecule has 0 spiro atoms. The van der Waals surface area contributed by atoms with Gasteiger partial charge in [0.05, 0.1) is 11.8 Å². The Hall–Kier alpha value is -2.90. The summed E-state index contributed by atoms with van der Waals surface area (Å²) in [6.07, 6.45) is 7.29. The van der Waals surface area contributed by atoms with Crippen LogP contribution < -0.4 is 5.73 Å². The normalized spacial score (nSPS) is 10.6. The summed E-state index contributed by atoms with van der Waals surface area (Å²) in [4.78, 5) is 19.6. The van der Waals surface area contributed by atoms with Crippen LogP contribution in [-0.4, -0.2) is 29.5 Å². The van der Waals surface area contributed by atoms with Gasteiger partial charge in [-0.15, -0.1) is 0 Å². The fourth-order valence-electron chi connectivity index (χ4n) is 1.55. The summed E-state index contributed by atoms with van der Waals surface area (Å²) in [6.45, 7) is 0. The van der Waals surface area contributed by atoms with Gasteiger partial charge in [0, 0.05) is 18.6 Å². The van der Waals surface area contributed by atoms with Crippen molar-refractivity contribution in [2.24, 2.45) is 0 Å². The van der Waals surface area contributed by atoms with Gasteiger partial charge in [-0.3, -0.25) is 9.55 Å². The Bertz CT molecular complexity index is 711. The third kappa shape index (κ3) is 2.10. The summed E-state index contributed by atoms with van der Waals surface area (Å²) in [6, 6.07) is 1.47. The number of pyridine rings is 1. The topological polar surface area (TPSA) is 95.4 Å². The highest BCUT2D eigenvalue weighted by molar-refractivity contribution is 5.56. The lowest BCUT2D eigenvalue weighted by Gasteiger charge is -2.05. The molecule has 0 aromatic carbocycles. The highest BCUT2D eigenvalue weighted by Crippen LogP contribution is 2.18. The molecule has 3 aromatic rings. The van der Waals surface area contributed by atoms with Gasteiger partial charge >= 0.3 is 0 Å². The van der Waals surface area contributed by atoms with Crippen molar-refractivity contribution in [3.8, 4) is 17.3 Å². The molecule has 0 fully saturated rings. The van der Waals surface area contributed by atoms with E-state index >= 15 is 0 Å². The average Bonchev–Trinajstić information content (AvgIpc) is 2.92. The highest BCUT2D eigenvalue weighted by atomic mass is 19.1. The predicted octanol–water partition coefficient (Wildman–Crippen LogP) is 0.841. The zero-order valence-electron chi connectivity index (χ0n) is 9.60. The molecule has 0 aliphatic rings. The molecule has 3 aromatic heterocycles. The summed E-state index contributed by atoms with van der Waals surface area (Å²) >= 11 is 0. The van der Waals surface area contributed by atoms with Gasteiger partial charge in [-0.2, -0.15) is 15.0 Å². The largest absolute Gasteiger partial charge is 0.368 e. The van der Waals surface area contributed by atoms with Crippen molar-refractivity contribution in [2.75, 3.05) is 5.73 Å².